The number of hydrogen-bond acceptors (Lipinski definition) is 5. The van der Waals surface area contributed by atoms with E-state index in [1.165, 1.54) is 0 Å². The van der Waals surface area contributed by atoms with Gasteiger partial charge in [0.05, 0.1) is 22.4 Å². The normalized spacial score (nSPS) is 18.5. The monoisotopic (exact) mass is 363 g/mol. The second-order valence-electron chi connectivity index (χ2n) is 5.32. The lowest BCUT2D eigenvalue weighted by molar-refractivity contribution is 0.252. The second kappa shape index (κ2) is 5.24. The number of nitrogens with zero attached hydrogens (tertiary/aromatic N) is 6. The molecule has 0 spiro atoms. The zero-order valence-electron chi connectivity index (χ0n) is 11.7. The largest absolute Gasteiger partial charge is 0.336 e. The fourth-order valence-corrected chi connectivity index (χ4v) is 2.84. The summed E-state index contributed by atoms with van der Waals surface area (Å²) in [4.78, 5) is 24.0. The second-order valence-corrected chi connectivity index (χ2v) is 6.24. The van der Waals surface area contributed by atoms with E-state index in [4.69, 9.17) is 0 Å². The van der Waals surface area contributed by atoms with Gasteiger partial charge in [0.15, 0.2) is 0 Å². The minimum absolute atomic E-state index is 0.0574. The number of carbonyl (C=O) groups excluding carboxylic acids is 1. The minimum Gasteiger partial charge on any atom is -0.336 e. The lowest BCUT2D eigenvalue weighted by Crippen LogP contribution is -2.48. The van der Waals surface area contributed by atoms with E-state index in [1.807, 2.05) is 10.9 Å². The van der Waals surface area contributed by atoms with Crippen molar-refractivity contribution in [3.8, 4) is 0 Å². The zero-order valence-corrected chi connectivity index (χ0v) is 13.3. The van der Waals surface area contributed by atoms with Gasteiger partial charge in [-0.25, -0.2) is 14.8 Å². The quantitative estimate of drug-likeness (QED) is 0.880. The molecule has 2 aliphatic rings. The number of halogens is 1. The van der Waals surface area contributed by atoms with Crippen LogP contribution < -0.4 is 15.1 Å². The summed E-state index contributed by atoms with van der Waals surface area (Å²) in [5.74, 6) is 0.728. The summed E-state index contributed by atoms with van der Waals surface area (Å²) in [6, 6.07) is 0.227. The fraction of sp³-hybridized carbons (Fsp3) is 0.385. The summed E-state index contributed by atoms with van der Waals surface area (Å²) >= 11 is 3.33. The third kappa shape index (κ3) is 2.31. The van der Waals surface area contributed by atoms with Crippen LogP contribution in [0.5, 0.6) is 0 Å². The Labute approximate surface area is 135 Å². The Morgan fingerprint density at radius 2 is 2.00 bits per heavy atom. The van der Waals surface area contributed by atoms with Crippen molar-refractivity contribution in [1.82, 2.24) is 25.1 Å². The first kappa shape index (κ1) is 13.5. The Morgan fingerprint density at radius 1 is 1.23 bits per heavy atom. The Morgan fingerprint density at radius 3 is 2.68 bits per heavy atom. The van der Waals surface area contributed by atoms with E-state index in [-0.39, 0.29) is 12.1 Å². The van der Waals surface area contributed by atoms with Crippen molar-refractivity contribution in [3.63, 3.8) is 0 Å². The van der Waals surface area contributed by atoms with Crippen molar-refractivity contribution >= 4 is 33.6 Å². The molecule has 2 aromatic rings. The molecule has 1 N–H and O–H groups in total. The topological polar surface area (TPSA) is 79.2 Å². The average Bonchev–Trinajstić information content (AvgIpc) is 3.08. The summed E-state index contributed by atoms with van der Waals surface area (Å²) in [5.41, 5.74) is 0.841. The first-order valence-electron chi connectivity index (χ1n) is 7.03. The molecule has 2 aliphatic heterocycles. The van der Waals surface area contributed by atoms with E-state index in [2.05, 4.69) is 41.2 Å². The molecule has 9 heteroatoms. The molecule has 0 bridgehead atoms. The summed E-state index contributed by atoms with van der Waals surface area (Å²) < 4.78 is 2.78. The van der Waals surface area contributed by atoms with Crippen LogP contribution in [0, 0.1) is 0 Å². The van der Waals surface area contributed by atoms with Gasteiger partial charge in [-0.3, -0.25) is 9.58 Å². The highest BCUT2D eigenvalue weighted by Gasteiger charge is 2.31. The van der Waals surface area contributed by atoms with Crippen molar-refractivity contribution in [2.45, 2.75) is 6.04 Å². The van der Waals surface area contributed by atoms with Crippen molar-refractivity contribution in [2.24, 2.45) is 0 Å². The molecule has 0 radical (unpaired) electrons. The smallest absolute Gasteiger partial charge is 0.322 e. The van der Waals surface area contributed by atoms with Crippen LogP contribution in [0.4, 0.5) is 16.4 Å². The molecule has 0 saturated carbocycles. The van der Waals surface area contributed by atoms with E-state index < -0.39 is 0 Å². The van der Waals surface area contributed by atoms with Gasteiger partial charge in [0.2, 0.25) is 5.95 Å². The van der Waals surface area contributed by atoms with Gasteiger partial charge in [0.1, 0.15) is 0 Å². The third-order valence-electron chi connectivity index (χ3n) is 3.88. The average molecular weight is 364 g/mol. The highest BCUT2D eigenvalue weighted by molar-refractivity contribution is 9.10. The van der Waals surface area contributed by atoms with E-state index in [0.717, 1.165) is 29.2 Å². The number of rotatable bonds is 3. The first-order chi connectivity index (χ1) is 10.7. The molecule has 4 heterocycles. The van der Waals surface area contributed by atoms with Gasteiger partial charge in [-0.05, 0) is 15.9 Å². The Balaban J connectivity index is 1.42. The number of amides is 2. The summed E-state index contributed by atoms with van der Waals surface area (Å²) in [5, 5.41) is 7.17. The van der Waals surface area contributed by atoms with Gasteiger partial charge in [-0.15, -0.1) is 0 Å². The Kier molecular flexibility index (Phi) is 3.21. The fourth-order valence-electron chi connectivity index (χ4n) is 2.64. The highest BCUT2D eigenvalue weighted by Crippen LogP contribution is 2.26. The molecule has 114 valence electrons. The van der Waals surface area contributed by atoms with Crippen LogP contribution >= 0.6 is 15.9 Å². The number of nitrogens with one attached hydrogen (secondary N) is 1. The lowest BCUT2D eigenvalue weighted by atomic mass is 10.1. The molecule has 2 saturated heterocycles. The van der Waals surface area contributed by atoms with Gasteiger partial charge in [0.25, 0.3) is 0 Å². The van der Waals surface area contributed by atoms with Crippen LogP contribution in [0.1, 0.15) is 6.04 Å². The number of urea groups is 1. The maximum Gasteiger partial charge on any atom is 0.322 e. The van der Waals surface area contributed by atoms with Crippen molar-refractivity contribution in [1.29, 1.82) is 0 Å². The van der Waals surface area contributed by atoms with Crippen molar-refractivity contribution < 1.29 is 4.79 Å². The van der Waals surface area contributed by atoms with Crippen LogP contribution in [-0.4, -0.2) is 52.0 Å². The minimum atomic E-state index is -0.0574. The molecule has 0 unspecified atom stereocenters. The van der Waals surface area contributed by atoms with E-state index >= 15 is 0 Å². The molecule has 4 rings (SSSR count). The van der Waals surface area contributed by atoms with Gasteiger partial charge < -0.3 is 10.2 Å². The van der Waals surface area contributed by atoms with Gasteiger partial charge >= 0.3 is 6.03 Å². The van der Waals surface area contributed by atoms with Crippen LogP contribution in [-0.2, 0) is 0 Å². The van der Waals surface area contributed by atoms with E-state index in [0.29, 0.717) is 13.1 Å². The molecule has 22 heavy (non-hydrogen) atoms. The van der Waals surface area contributed by atoms with E-state index in [9.17, 15) is 4.79 Å². The van der Waals surface area contributed by atoms with Crippen LogP contribution in [0.3, 0.4) is 0 Å². The van der Waals surface area contributed by atoms with Crippen LogP contribution in [0.15, 0.2) is 29.3 Å². The summed E-state index contributed by atoms with van der Waals surface area (Å²) in [7, 11) is 0. The number of aromatic nitrogens is 4. The Bertz CT molecular complexity index is 695. The van der Waals surface area contributed by atoms with Gasteiger partial charge in [-0.2, -0.15) is 5.10 Å². The van der Waals surface area contributed by atoms with Crippen LogP contribution in [0.2, 0.25) is 0 Å². The molecule has 0 aromatic carbocycles. The molecular formula is C13H14BrN7O. The van der Waals surface area contributed by atoms with Gasteiger partial charge in [0, 0.05) is 44.8 Å². The standard InChI is InChI=1S/C13H14BrN7O/c14-9-3-16-12(17-4-9)19-6-11(7-19)21-8-10(5-18-21)20-2-1-15-13(20)22/h3-5,8,11H,1-2,6-7H2,(H,15,22). The number of hydrogen-bond donors (Lipinski definition) is 1. The van der Waals surface area contributed by atoms with Crippen molar-refractivity contribution in [2.75, 3.05) is 36.0 Å². The molecular weight excluding hydrogens is 350 g/mol. The van der Waals surface area contributed by atoms with Gasteiger partial charge in [-0.1, -0.05) is 0 Å². The maximum atomic E-state index is 11.7. The molecule has 2 fully saturated rings. The molecule has 0 atom stereocenters. The number of carbonyl (C=O) groups is 1. The van der Waals surface area contributed by atoms with Crippen molar-refractivity contribution in [3.05, 3.63) is 29.3 Å². The summed E-state index contributed by atoms with van der Waals surface area (Å²) in [6.45, 7) is 3.00. The maximum absolute atomic E-state index is 11.7. The molecule has 0 aliphatic carbocycles. The lowest BCUT2D eigenvalue weighted by Gasteiger charge is -2.39. The highest BCUT2D eigenvalue weighted by atomic mass is 79.9. The van der Waals surface area contributed by atoms with Crippen LogP contribution in [0.25, 0.3) is 0 Å². The SMILES string of the molecule is O=C1NCCN1c1cnn(C2CN(c3ncc(Br)cn3)C2)c1. The number of anilines is 2. The Hall–Kier alpha value is -2.16. The predicted octanol–water partition coefficient (Wildman–Crippen LogP) is 1.03. The first-order valence-corrected chi connectivity index (χ1v) is 7.82. The molecule has 2 amide bonds. The third-order valence-corrected chi connectivity index (χ3v) is 4.29. The molecule has 8 nitrogen and oxygen atoms in total. The summed E-state index contributed by atoms with van der Waals surface area (Å²) in [6.07, 6.45) is 7.15. The zero-order chi connectivity index (χ0) is 15.1. The van der Waals surface area contributed by atoms with E-state index in [1.54, 1.807) is 23.5 Å². The molecule has 2 aromatic heterocycles. The predicted molar refractivity (Wildman–Crippen MR) is 84.0 cm³/mol.